The van der Waals surface area contributed by atoms with Crippen LogP contribution in [0.2, 0.25) is 0 Å². The summed E-state index contributed by atoms with van der Waals surface area (Å²) in [6.45, 7) is 6.52. The molecule has 0 atom stereocenters. The van der Waals surface area contributed by atoms with Gasteiger partial charge in [0.15, 0.2) is 0 Å². The Balaban J connectivity index is 1.34. The third-order valence-corrected chi connectivity index (χ3v) is 6.12. The van der Waals surface area contributed by atoms with Crippen LogP contribution in [0.5, 0.6) is 17.2 Å². The number of benzene rings is 3. The van der Waals surface area contributed by atoms with Crippen molar-refractivity contribution in [2.24, 2.45) is 0 Å². The Morgan fingerprint density at radius 2 is 1.41 bits per heavy atom. The van der Waals surface area contributed by atoms with Gasteiger partial charge in [0.2, 0.25) is 0 Å². The van der Waals surface area contributed by atoms with E-state index in [9.17, 15) is 9.59 Å². The Kier molecular flexibility index (Phi) is 8.18. The first-order chi connectivity index (χ1) is 17.9. The molecule has 2 amide bonds. The molecule has 0 spiro atoms. The molecule has 0 radical (unpaired) electrons. The van der Waals surface area contributed by atoms with E-state index in [1.165, 1.54) is 0 Å². The van der Waals surface area contributed by atoms with Crippen LogP contribution in [-0.2, 0) is 0 Å². The molecule has 0 bridgehead atoms. The Bertz CT molecular complexity index is 1210. The van der Waals surface area contributed by atoms with Gasteiger partial charge in [0.05, 0.1) is 20.3 Å². The van der Waals surface area contributed by atoms with Gasteiger partial charge in [0.1, 0.15) is 17.2 Å². The zero-order valence-electron chi connectivity index (χ0n) is 21.7. The second-order valence-corrected chi connectivity index (χ2v) is 9.08. The van der Waals surface area contributed by atoms with E-state index in [0.29, 0.717) is 60.2 Å². The Morgan fingerprint density at radius 3 is 2.00 bits per heavy atom. The fourth-order valence-electron chi connectivity index (χ4n) is 4.22. The van der Waals surface area contributed by atoms with E-state index >= 15 is 0 Å². The molecular weight excluding hydrogens is 470 g/mol. The molecule has 0 aromatic heterocycles. The first kappa shape index (κ1) is 25.9. The van der Waals surface area contributed by atoms with E-state index in [0.717, 1.165) is 5.69 Å². The predicted molar refractivity (Wildman–Crippen MR) is 144 cm³/mol. The molecule has 8 heteroatoms. The Morgan fingerprint density at radius 1 is 0.784 bits per heavy atom. The molecule has 1 saturated heterocycles. The lowest BCUT2D eigenvalue weighted by Crippen LogP contribution is -2.48. The van der Waals surface area contributed by atoms with Crippen molar-refractivity contribution in [2.45, 2.75) is 20.0 Å². The SMILES string of the molecule is COc1cc(OC)cc(C(=O)N2CCN(c3ccc(NC(=O)c4cccc(OC(C)C)c4)cc3)CC2)c1. The monoisotopic (exact) mass is 503 g/mol. The van der Waals surface area contributed by atoms with Crippen molar-refractivity contribution < 1.29 is 23.8 Å². The molecule has 1 aliphatic heterocycles. The lowest BCUT2D eigenvalue weighted by Gasteiger charge is -2.36. The summed E-state index contributed by atoms with van der Waals surface area (Å²) < 4.78 is 16.3. The number of rotatable bonds is 8. The van der Waals surface area contributed by atoms with Crippen molar-refractivity contribution in [3.05, 3.63) is 77.9 Å². The topological polar surface area (TPSA) is 80.3 Å². The van der Waals surface area contributed by atoms with Gasteiger partial charge in [0, 0.05) is 54.7 Å². The number of piperazine rings is 1. The predicted octanol–water partition coefficient (Wildman–Crippen LogP) is 4.71. The summed E-state index contributed by atoms with van der Waals surface area (Å²) in [5.41, 5.74) is 2.84. The molecule has 4 rings (SSSR count). The number of methoxy groups -OCH3 is 2. The fraction of sp³-hybridized carbons (Fsp3) is 0.310. The van der Waals surface area contributed by atoms with E-state index in [2.05, 4.69) is 10.2 Å². The summed E-state index contributed by atoms with van der Waals surface area (Å²) in [5.74, 6) is 1.61. The van der Waals surface area contributed by atoms with E-state index in [1.807, 2.05) is 55.1 Å². The van der Waals surface area contributed by atoms with Crippen LogP contribution in [0.15, 0.2) is 66.7 Å². The van der Waals surface area contributed by atoms with Gasteiger partial charge in [-0.2, -0.15) is 0 Å². The smallest absolute Gasteiger partial charge is 0.255 e. The summed E-state index contributed by atoms with van der Waals surface area (Å²) in [5, 5.41) is 2.94. The van der Waals surface area contributed by atoms with Crippen molar-refractivity contribution in [3.8, 4) is 17.2 Å². The van der Waals surface area contributed by atoms with Crippen LogP contribution in [-0.4, -0.2) is 63.2 Å². The molecule has 1 fully saturated rings. The van der Waals surface area contributed by atoms with Crippen molar-refractivity contribution in [1.82, 2.24) is 4.90 Å². The van der Waals surface area contributed by atoms with E-state index in [4.69, 9.17) is 14.2 Å². The molecule has 0 unspecified atom stereocenters. The van der Waals surface area contributed by atoms with Gasteiger partial charge in [-0.1, -0.05) is 6.07 Å². The molecule has 194 valence electrons. The molecule has 1 aliphatic rings. The Labute approximate surface area is 217 Å². The van der Waals surface area contributed by atoms with Crippen LogP contribution >= 0.6 is 0 Å². The van der Waals surface area contributed by atoms with Gasteiger partial charge >= 0.3 is 0 Å². The largest absolute Gasteiger partial charge is 0.497 e. The summed E-state index contributed by atoms with van der Waals surface area (Å²) in [6, 6.07) is 20.1. The standard InChI is InChI=1S/C29H33N3O5/c1-20(2)37-25-7-5-6-21(16-25)28(33)30-23-8-10-24(11-9-23)31-12-14-32(15-13-31)29(34)22-17-26(35-3)19-27(18-22)36-4/h5-11,16-20H,12-15H2,1-4H3,(H,30,33). The van der Waals surface area contributed by atoms with Crippen LogP contribution in [0, 0.1) is 0 Å². The first-order valence-corrected chi connectivity index (χ1v) is 12.3. The zero-order chi connectivity index (χ0) is 26.4. The summed E-state index contributed by atoms with van der Waals surface area (Å²) in [6.07, 6.45) is 0.0382. The third kappa shape index (κ3) is 6.52. The van der Waals surface area contributed by atoms with Gasteiger partial charge in [-0.15, -0.1) is 0 Å². The maximum atomic E-state index is 13.1. The van der Waals surface area contributed by atoms with Crippen LogP contribution in [0.4, 0.5) is 11.4 Å². The zero-order valence-corrected chi connectivity index (χ0v) is 21.7. The summed E-state index contributed by atoms with van der Waals surface area (Å²) in [4.78, 5) is 29.8. The third-order valence-electron chi connectivity index (χ3n) is 6.12. The first-order valence-electron chi connectivity index (χ1n) is 12.3. The van der Waals surface area contributed by atoms with E-state index in [1.54, 1.807) is 44.6 Å². The molecule has 8 nitrogen and oxygen atoms in total. The van der Waals surface area contributed by atoms with Crippen LogP contribution < -0.4 is 24.4 Å². The quantitative estimate of drug-likeness (QED) is 0.480. The molecule has 0 saturated carbocycles. The maximum Gasteiger partial charge on any atom is 0.255 e. The normalized spacial score (nSPS) is 13.3. The molecule has 1 heterocycles. The number of ether oxygens (including phenoxy) is 3. The van der Waals surface area contributed by atoms with Crippen molar-refractivity contribution in [1.29, 1.82) is 0 Å². The number of nitrogens with zero attached hydrogens (tertiary/aromatic N) is 2. The highest BCUT2D eigenvalue weighted by molar-refractivity contribution is 6.04. The highest BCUT2D eigenvalue weighted by atomic mass is 16.5. The lowest BCUT2D eigenvalue weighted by molar-refractivity contribution is 0.0746. The minimum absolute atomic E-state index is 0.0382. The molecule has 1 N–H and O–H groups in total. The fourth-order valence-corrected chi connectivity index (χ4v) is 4.22. The molecule has 37 heavy (non-hydrogen) atoms. The number of anilines is 2. The number of hydrogen-bond acceptors (Lipinski definition) is 6. The van der Waals surface area contributed by atoms with Gasteiger partial charge in [-0.25, -0.2) is 0 Å². The van der Waals surface area contributed by atoms with E-state index in [-0.39, 0.29) is 17.9 Å². The Hall–Kier alpha value is -4.20. The second kappa shape index (κ2) is 11.7. The average Bonchev–Trinajstić information content (AvgIpc) is 2.92. The number of hydrogen-bond donors (Lipinski definition) is 1. The average molecular weight is 504 g/mol. The lowest BCUT2D eigenvalue weighted by atomic mass is 10.1. The molecular formula is C29H33N3O5. The number of carbonyl (C=O) groups excluding carboxylic acids is 2. The van der Waals surface area contributed by atoms with Gasteiger partial charge < -0.3 is 29.3 Å². The highest BCUT2D eigenvalue weighted by Gasteiger charge is 2.23. The van der Waals surface area contributed by atoms with E-state index < -0.39 is 0 Å². The molecule has 3 aromatic carbocycles. The van der Waals surface area contributed by atoms with Crippen molar-refractivity contribution >= 4 is 23.2 Å². The van der Waals surface area contributed by atoms with Crippen molar-refractivity contribution in [2.75, 3.05) is 50.6 Å². The summed E-state index contributed by atoms with van der Waals surface area (Å²) >= 11 is 0. The van der Waals surface area contributed by atoms with Crippen LogP contribution in [0.3, 0.4) is 0 Å². The number of nitrogens with one attached hydrogen (secondary N) is 1. The highest BCUT2D eigenvalue weighted by Crippen LogP contribution is 2.25. The number of carbonyl (C=O) groups is 2. The van der Waals surface area contributed by atoms with Gasteiger partial charge in [-0.3, -0.25) is 9.59 Å². The van der Waals surface area contributed by atoms with Crippen molar-refractivity contribution in [3.63, 3.8) is 0 Å². The van der Waals surface area contributed by atoms with Crippen LogP contribution in [0.1, 0.15) is 34.6 Å². The second-order valence-electron chi connectivity index (χ2n) is 9.08. The van der Waals surface area contributed by atoms with Gasteiger partial charge in [-0.05, 0) is 68.4 Å². The maximum absolute atomic E-state index is 13.1. The van der Waals surface area contributed by atoms with Gasteiger partial charge in [0.25, 0.3) is 11.8 Å². The summed E-state index contributed by atoms with van der Waals surface area (Å²) in [7, 11) is 3.14. The minimum Gasteiger partial charge on any atom is -0.497 e. The molecule has 0 aliphatic carbocycles. The molecule has 3 aromatic rings. The number of amides is 2. The minimum atomic E-state index is -0.191. The van der Waals surface area contributed by atoms with Crippen LogP contribution in [0.25, 0.3) is 0 Å².